The number of rotatable bonds is 10. The zero-order valence-electron chi connectivity index (χ0n) is 21.5. The molecule has 3 aromatic rings. The van der Waals surface area contributed by atoms with Crippen molar-refractivity contribution in [2.24, 2.45) is 10.7 Å². The molecule has 0 saturated heterocycles. The van der Waals surface area contributed by atoms with Gasteiger partial charge >= 0.3 is 18.1 Å². The largest absolute Gasteiger partial charge is 0.490 e. The maximum atomic E-state index is 14.0. The Balaban J connectivity index is 0.000000745. The van der Waals surface area contributed by atoms with Gasteiger partial charge in [-0.2, -0.15) is 13.2 Å². The number of halogens is 5. The van der Waals surface area contributed by atoms with Crippen molar-refractivity contribution in [3.8, 4) is 0 Å². The third kappa shape index (κ3) is 10.6. The van der Waals surface area contributed by atoms with Crippen LogP contribution in [0.3, 0.4) is 0 Å². The number of carbonyl (C=O) groups excluding carboxylic acids is 1. The summed E-state index contributed by atoms with van der Waals surface area (Å²) in [5, 5.41) is 19.1. The van der Waals surface area contributed by atoms with E-state index >= 15 is 0 Å². The van der Waals surface area contributed by atoms with Gasteiger partial charge in [-0.15, -0.1) is 11.3 Å². The number of amides is 1. The monoisotopic (exact) mass is 599 g/mol. The summed E-state index contributed by atoms with van der Waals surface area (Å²) < 4.78 is 59.7. The molecule has 220 valence electrons. The molecule has 0 radical (unpaired) electrons. The maximum absolute atomic E-state index is 14.0. The molecule has 0 spiro atoms. The van der Waals surface area contributed by atoms with E-state index in [0.29, 0.717) is 39.7 Å². The number of hydrogen-bond donors (Lipinski definition) is 4. The number of nitrogens with one attached hydrogen (secondary N) is 1. The summed E-state index contributed by atoms with van der Waals surface area (Å²) in [7, 11) is 0. The number of nitrogens with zero attached hydrogens (tertiary/aromatic N) is 1. The van der Waals surface area contributed by atoms with Gasteiger partial charge < -0.3 is 21.3 Å². The first kappa shape index (κ1) is 32.9. The number of carboxylic acids is 2. The van der Waals surface area contributed by atoms with Crippen molar-refractivity contribution in [2.75, 3.05) is 6.54 Å². The zero-order valence-corrected chi connectivity index (χ0v) is 22.3. The number of aliphatic carboxylic acids is 2. The van der Waals surface area contributed by atoms with Crippen LogP contribution >= 0.6 is 11.3 Å². The molecule has 5 N–H and O–H groups in total. The SMILES string of the molecule is CC(N)=NCCC[C@H](NC(=O)c1ccc(C(c2cccc(F)c2)c2cccc(F)c2)s1)C(=O)O.O=C(O)C(F)(F)F. The lowest BCUT2D eigenvalue weighted by Gasteiger charge is -2.17. The third-order valence-corrected chi connectivity index (χ3v) is 6.51. The molecule has 1 amide bonds. The molecule has 1 atom stereocenters. The molecular weight excluding hydrogens is 573 g/mol. The topological polar surface area (TPSA) is 142 Å². The number of amidine groups is 1. The Bertz CT molecular complexity index is 1340. The summed E-state index contributed by atoms with van der Waals surface area (Å²) in [5.41, 5.74) is 6.70. The predicted molar refractivity (Wildman–Crippen MR) is 142 cm³/mol. The van der Waals surface area contributed by atoms with Crippen molar-refractivity contribution in [1.29, 1.82) is 0 Å². The van der Waals surface area contributed by atoms with Crippen molar-refractivity contribution in [2.45, 2.75) is 37.9 Å². The molecule has 0 saturated carbocycles. The lowest BCUT2D eigenvalue weighted by Crippen LogP contribution is -2.40. The number of alkyl halides is 3. The number of benzene rings is 2. The molecule has 2 aromatic carbocycles. The van der Waals surface area contributed by atoms with Crippen LogP contribution in [-0.2, 0) is 9.59 Å². The quantitative estimate of drug-likeness (QED) is 0.110. The highest BCUT2D eigenvalue weighted by molar-refractivity contribution is 7.14. The van der Waals surface area contributed by atoms with E-state index in [4.69, 9.17) is 15.6 Å². The van der Waals surface area contributed by atoms with Gasteiger partial charge in [0, 0.05) is 17.3 Å². The molecule has 0 unspecified atom stereocenters. The Morgan fingerprint density at radius 2 is 1.51 bits per heavy atom. The number of aliphatic imine (C=N–C) groups is 1. The fourth-order valence-corrected chi connectivity index (χ4v) is 4.63. The maximum Gasteiger partial charge on any atom is 0.490 e. The number of hydrogen-bond acceptors (Lipinski definition) is 5. The number of carbonyl (C=O) groups is 3. The number of carboxylic acid groups (broad SMARTS) is 2. The second-order valence-corrected chi connectivity index (χ2v) is 9.69. The minimum absolute atomic E-state index is 0.200. The summed E-state index contributed by atoms with van der Waals surface area (Å²) >= 11 is 1.15. The normalized spacial score (nSPS) is 12.3. The smallest absolute Gasteiger partial charge is 0.480 e. The summed E-state index contributed by atoms with van der Waals surface area (Å²) in [6.45, 7) is 2.01. The van der Waals surface area contributed by atoms with Crippen LogP contribution in [-0.4, -0.2) is 52.7 Å². The number of thiophene rings is 1. The third-order valence-electron chi connectivity index (χ3n) is 5.36. The van der Waals surface area contributed by atoms with E-state index in [-0.39, 0.29) is 6.42 Å². The van der Waals surface area contributed by atoms with E-state index in [9.17, 15) is 36.6 Å². The molecule has 1 aromatic heterocycles. The Morgan fingerprint density at radius 1 is 0.976 bits per heavy atom. The molecule has 14 heteroatoms. The van der Waals surface area contributed by atoms with Crippen molar-refractivity contribution < 1.29 is 46.5 Å². The summed E-state index contributed by atoms with van der Waals surface area (Å²) in [6, 6.07) is 14.3. The minimum atomic E-state index is -5.08. The Hall–Kier alpha value is -4.33. The first-order valence-corrected chi connectivity index (χ1v) is 12.7. The van der Waals surface area contributed by atoms with Crippen molar-refractivity contribution in [3.63, 3.8) is 0 Å². The van der Waals surface area contributed by atoms with Crippen LogP contribution in [0.1, 0.15) is 51.4 Å². The molecule has 0 aliphatic rings. The molecule has 8 nitrogen and oxygen atoms in total. The van der Waals surface area contributed by atoms with E-state index in [1.165, 1.54) is 24.3 Å². The van der Waals surface area contributed by atoms with Crippen LogP contribution in [0.5, 0.6) is 0 Å². The van der Waals surface area contributed by atoms with Gasteiger partial charge in [0.15, 0.2) is 0 Å². The first-order chi connectivity index (χ1) is 19.2. The van der Waals surface area contributed by atoms with E-state index in [1.807, 2.05) is 0 Å². The van der Waals surface area contributed by atoms with E-state index in [1.54, 1.807) is 43.3 Å². The molecule has 0 aliphatic heterocycles. The average molecular weight is 600 g/mol. The van der Waals surface area contributed by atoms with Gasteiger partial charge in [-0.25, -0.2) is 18.4 Å². The van der Waals surface area contributed by atoms with Crippen LogP contribution in [0.2, 0.25) is 0 Å². The fourth-order valence-electron chi connectivity index (χ4n) is 3.56. The fraction of sp³-hybridized carbons (Fsp3) is 0.259. The second kappa shape index (κ2) is 14.9. The molecule has 3 rings (SSSR count). The van der Waals surface area contributed by atoms with Crippen molar-refractivity contribution >= 4 is 35.0 Å². The van der Waals surface area contributed by atoms with Gasteiger partial charge in [-0.1, -0.05) is 24.3 Å². The molecule has 41 heavy (non-hydrogen) atoms. The van der Waals surface area contributed by atoms with Gasteiger partial charge in [0.25, 0.3) is 5.91 Å². The zero-order chi connectivity index (χ0) is 30.7. The highest BCUT2D eigenvalue weighted by atomic mass is 32.1. The van der Waals surface area contributed by atoms with Crippen molar-refractivity contribution in [3.05, 3.63) is 93.2 Å². The highest BCUT2D eigenvalue weighted by Crippen LogP contribution is 2.36. The van der Waals surface area contributed by atoms with Gasteiger partial charge in [0.05, 0.1) is 10.7 Å². The van der Waals surface area contributed by atoms with Crippen LogP contribution < -0.4 is 11.1 Å². The van der Waals surface area contributed by atoms with Crippen LogP contribution in [0, 0.1) is 11.6 Å². The molecule has 0 fully saturated rings. The van der Waals surface area contributed by atoms with Crippen molar-refractivity contribution in [1.82, 2.24) is 5.32 Å². The standard InChI is InChI=1S/C25H25F2N3O3S.C2HF3O2/c1-15(28)29-12-4-9-20(25(32)33)30-24(31)22-11-10-21(34-22)23(16-5-2-7-18(26)13-16)17-6-3-8-19(27)14-17;3-2(4,5)1(6)7/h2-3,5-8,10-11,13-14,20,23H,4,9,12H2,1H3,(H2,28,29)(H,30,31)(H,32,33);(H,6,7)/t20-;/m0./s1. The van der Waals surface area contributed by atoms with Crippen LogP contribution in [0.15, 0.2) is 65.7 Å². The molecule has 0 aliphatic carbocycles. The summed E-state index contributed by atoms with van der Waals surface area (Å²) in [4.78, 5) is 38.3. The Morgan fingerprint density at radius 3 is 1.95 bits per heavy atom. The lowest BCUT2D eigenvalue weighted by atomic mass is 9.90. The second-order valence-electron chi connectivity index (χ2n) is 8.58. The summed E-state index contributed by atoms with van der Waals surface area (Å²) in [6.07, 6.45) is -4.44. The highest BCUT2D eigenvalue weighted by Gasteiger charge is 2.38. The Labute approximate surface area is 235 Å². The molecule has 1 heterocycles. The van der Waals surface area contributed by atoms with E-state index in [0.717, 1.165) is 11.3 Å². The first-order valence-electron chi connectivity index (χ1n) is 11.9. The predicted octanol–water partition coefficient (Wildman–Crippen LogP) is 5.18. The lowest BCUT2D eigenvalue weighted by molar-refractivity contribution is -0.192. The van der Waals surface area contributed by atoms with E-state index < -0.39 is 47.6 Å². The number of nitrogens with two attached hydrogens (primary N) is 1. The average Bonchev–Trinajstić information content (AvgIpc) is 3.35. The van der Waals surface area contributed by atoms with Gasteiger partial charge in [-0.3, -0.25) is 9.79 Å². The Kier molecular flexibility index (Phi) is 11.9. The minimum Gasteiger partial charge on any atom is -0.480 e. The molecular formula is C27H26F5N3O5S. The molecule has 0 bridgehead atoms. The van der Waals surface area contributed by atoms with Gasteiger partial charge in [0.1, 0.15) is 17.7 Å². The van der Waals surface area contributed by atoms with Crippen LogP contribution in [0.4, 0.5) is 22.0 Å². The van der Waals surface area contributed by atoms with Gasteiger partial charge in [-0.05, 0) is 67.3 Å². The van der Waals surface area contributed by atoms with Crippen LogP contribution in [0.25, 0.3) is 0 Å². The van der Waals surface area contributed by atoms with Gasteiger partial charge in [0.2, 0.25) is 0 Å². The summed E-state index contributed by atoms with van der Waals surface area (Å²) in [5.74, 6) is -5.36. The van der Waals surface area contributed by atoms with E-state index in [2.05, 4.69) is 10.3 Å².